The van der Waals surface area contributed by atoms with Crippen molar-refractivity contribution in [2.24, 2.45) is 0 Å². The van der Waals surface area contributed by atoms with Crippen LogP contribution in [0.1, 0.15) is 12.8 Å². The highest BCUT2D eigenvalue weighted by atomic mass is 127. The van der Waals surface area contributed by atoms with Crippen LogP contribution in [0.25, 0.3) is 0 Å². The monoisotopic (exact) mass is 416 g/mol. The van der Waals surface area contributed by atoms with Gasteiger partial charge in [0.15, 0.2) is 0 Å². The van der Waals surface area contributed by atoms with Gasteiger partial charge in [-0.3, -0.25) is 0 Å². The molecule has 0 bridgehead atoms. The summed E-state index contributed by atoms with van der Waals surface area (Å²) < 4.78 is 27.7. The third kappa shape index (κ3) is 5.18. The zero-order valence-corrected chi connectivity index (χ0v) is 14.3. The van der Waals surface area contributed by atoms with Crippen LogP contribution in [0.15, 0.2) is 29.2 Å². The zero-order valence-electron chi connectivity index (χ0n) is 10.5. The molecule has 0 amide bonds. The molecular weight excluding hydrogens is 399 g/mol. The molecule has 1 aromatic carbocycles. The number of nitrogens with zero attached hydrogens (tertiary/aromatic N) is 1. The fourth-order valence-corrected chi connectivity index (χ4v) is 3.42. The molecule has 0 atom stereocenters. The molecule has 0 unspecified atom stereocenters. The van der Waals surface area contributed by atoms with Gasteiger partial charge >= 0.3 is 0 Å². The van der Waals surface area contributed by atoms with E-state index in [4.69, 9.17) is 0 Å². The summed E-state index contributed by atoms with van der Waals surface area (Å²) in [6.07, 6.45) is 2.45. The van der Waals surface area contributed by atoms with E-state index in [9.17, 15) is 8.42 Å². The van der Waals surface area contributed by atoms with Crippen molar-refractivity contribution < 1.29 is 8.42 Å². The van der Waals surface area contributed by atoms with Crippen LogP contribution in [0.5, 0.6) is 0 Å². The van der Waals surface area contributed by atoms with Crippen molar-refractivity contribution in [3.63, 3.8) is 0 Å². The van der Waals surface area contributed by atoms with Gasteiger partial charge in [-0.2, -0.15) is 0 Å². The Hall–Kier alpha value is 0.110. The minimum absolute atomic E-state index is 0. The molecule has 4 nitrogen and oxygen atoms in total. The van der Waals surface area contributed by atoms with E-state index >= 15 is 0 Å². The Kier molecular flexibility index (Phi) is 7.02. The predicted molar refractivity (Wildman–Crippen MR) is 87.3 cm³/mol. The Morgan fingerprint density at radius 1 is 1.16 bits per heavy atom. The SMILES string of the molecule is Cl.O=S(=O)(NCCN1CCCC1)c1ccc(I)cc1. The molecule has 2 rings (SSSR count). The first-order valence-electron chi connectivity index (χ1n) is 6.05. The van der Waals surface area contributed by atoms with Gasteiger partial charge in [0.05, 0.1) is 4.90 Å². The highest BCUT2D eigenvalue weighted by Crippen LogP contribution is 2.12. The Labute approximate surface area is 134 Å². The Morgan fingerprint density at radius 3 is 2.32 bits per heavy atom. The first-order valence-corrected chi connectivity index (χ1v) is 8.62. The van der Waals surface area contributed by atoms with E-state index in [0.717, 1.165) is 23.2 Å². The van der Waals surface area contributed by atoms with E-state index in [1.54, 1.807) is 24.3 Å². The molecule has 0 radical (unpaired) electrons. The molecule has 108 valence electrons. The molecule has 0 spiro atoms. The van der Waals surface area contributed by atoms with Gasteiger partial charge in [0, 0.05) is 16.7 Å². The number of hydrogen-bond donors (Lipinski definition) is 1. The van der Waals surface area contributed by atoms with E-state index in [1.807, 2.05) is 0 Å². The van der Waals surface area contributed by atoms with E-state index in [1.165, 1.54) is 12.8 Å². The van der Waals surface area contributed by atoms with E-state index in [-0.39, 0.29) is 12.4 Å². The van der Waals surface area contributed by atoms with Crippen LogP contribution in [-0.4, -0.2) is 39.5 Å². The van der Waals surface area contributed by atoms with Gasteiger partial charge in [-0.1, -0.05) is 0 Å². The lowest BCUT2D eigenvalue weighted by molar-refractivity contribution is 0.344. The fraction of sp³-hybridized carbons (Fsp3) is 0.500. The largest absolute Gasteiger partial charge is 0.302 e. The Balaban J connectivity index is 0.00000180. The van der Waals surface area contributed by atoms with Crippen LogP contribution in [0.3, 0.4) is 0 Å². The molecule has 7 heteroatoms. The van der Waals surface area contributed by atoms with E-state index in [2.05, 4.69) is 32.2 Å². The third-order valence-electron chi connectivity index (χ3n) is 3.04. The maximum absolute atomic E-state index is 12.0. The predicted octanol–water partition coefficient (Wildman–Crippen LogP) is 2.09. The first-order chi connectivity index (χ1) is 8.58. The maximum Gasteiger partial charge on any atom is 0.240 e. The molecule has 1 fully saturated rings. The van der Waals surface area contributed by atoms with Crippen LogP contribution < -0.4 is 4.72 Å². The third-order valence-corrected chi connectivity index (χ3v) is 5.24. The van der Waals surface area contributed by atoms with Crippen molar-refractivity contribution in [1.82, 2.24) is 9.62 Å². The van der Waals surface area contributed by atoms with Gasteiger partial charge in [-0.15, -0.1) is 12.4 Å². The van der Waals surface area contributed by atoms with Crippen molar-refractivity contribution >= 4 is 45.0 Å². The highest BCUT2D eigenvalue weighted by molar-refractivity contribution is 14.1. The molecule has 1 N–H and O–H groups in total. The molecular formula is C12H18ClIN2O2S. The number of hydrogen-bond acceptors (Lipinski definition) is 3. The van der Waals surface area contributed by atoms with Crippen molar-refractivity contribution in [3.8, 4) is 0 Å². The molecule has 19 heavy (non-hydrogen) atoms. The molecule has 1 aliphatic rings. The molecule has 1 aromatic rings. The number of sulfonamides is 1. The van der Waals surface area contributed by atoms with Gasteiger partial charge < -0.3 is 4.90 Å². The smallest absolute Gasteiger partial charge is 0.240 e. The van der Waals surface area contributed by atoms with Crippen molar-refractivity contribution in [2.45, 2.75) is 17.7 Å². The van der Waals surface area contributed by atoms with Gasteiger partial charge in [0.1, 0.15) is 0 Å². The van der Waals surface area contributed by atoms with Crippen LogP contribution in [0.2, 0.25) is 0 Å². The van der Waals surface area contributed by atoms with Crippen molar-refractivity contribution in [3.05, 3.63) is 27.8 Å². The maximum atomic E-state index is 12.0. The molecule has 0 saturated carbocycles. The molecule has 0 aromatic heterocycles. The summed E-state index contributed by atoms with van der Waals surface area (Å²) in [6, 6.07) is 6.88. The second-order valence-corrected chi connectivity index (χ2v) is 7.41. The lowest BCUT2D eigenvalue weighted by atomic mass is 10.4. The first kappa shape index (κ1) is 17.2. The highest BCUT2D eigenvalue weighted by Gasteiger charge is 2.15. The second kappa shape index (κ2) is 7.78. The quantitative estimate of drug-likeness (QED) is 0.748. The zero-order chi connectivity index (χ0) is 13.0. The van der Waals surface area contributed by atoms with E-state index < -0.39 is 10.0 Å². The number of rotatable bonds is 5. The van der Waals surface area contributed by atoms with Crippen LogP contribution in [0, 0.1) is 3.57 Å². The van der Waals surface area contributed by atoms with Crippen LogP contribution in [-0.2, 0) is 10.0 Å². The minimum atomic E-state index is -3.35. The summed E-state index contributed by atoms with van der Waals surface area (Å²) >= 11 is 2.16. The second-order valence-electron chi connectivity index (χ2n) is 4.40. The van der Waals surface area contributed by atoms with Gasteiger partial charge in [-0.05, 0) is 72.8 Å². The minimum Gasteiger partial charge on any atom is -0.302 e. The molecule has 1 heterocycles. The fourth-order valence-electron chi connectivity index (χ4n) is 2.04. The lowest BCUT2D eigenvalue weighted by Crippen LogP contribution is -2.33. The summed E-state index contributed by atoms with van der Waals surface area (Å²) in [5, 5.41) is 0. The topological polar surface area (TPSA) is 49.4 Å². The van der Waals surface area contributed by atoms with Crippen molar-refractivity contribution in [2.75, 3.05) is 26.2 Å². The summed E-state index contributed by atoms with van der Waals surface area (Å²) in [5.74, 6) is 0. The number of halogens is 2. The summed E-state index contributed by atoms with van der Waals surface area (Å²) in [6.45, 7) is 3.45. The summed E-state index contributed by atoms with van der Waals surface area (Å²) in [7, 11) is -3.35. The Bertz CT molecular complexity index is 487. The average Bonchev–Trinajstić information content (AvgIpc) is 2.82. The standard InChI is InChI=1S/C12H17IN2O2S.ClH/c13-11-3-5-12(6-4-11)18(16,17)14-7-10-15-8-1-2-9-15;/h3-6,14H,1-2,7-10H2;1H. The van der Waals surface area contributed by atoms with Crippen LogP contribution >= 0.6 is 35.0 Å². The average molecular weight is 417 g/mol. The lowest BCUT2D eigenvalue weighted by Gasteiger charge is -2.14. The Morgan fingerprint density at radius 2 is 1.74 bits per heavy atom. The van der Waals surface area contributed by atoms with Crippen molar-refractivity contribution in [1.29, 1.82) is 0 Å². The molecule has 1 saturated heterocycles. The molecule has 1 aliphatic heterocycles. The number of likely N-dealkylation sites (tertiary alicyclic amines) is 1. The summed E-state index contributed by atoms with van der Waals surface area (Å²) in [4.78, 5) is 2.63. The van der Waals surface area contributed by atoms with E-state index in [0.29, 0.717) is 11.4 Å². The molecule has 0 aliphatic carbocycles. The normalized spacial score (nSPS) is 16.3. The van der Waals surface area contributed by atoms with Crippen LogP contribution in [0.4, 0.5) is 0 Å². The number of benzene rings is 1. The van der Waals surface area contributed by atoms with Gasteiger partial charge in [-0.25, -0.2) is 13.1 Å². The summed E-state index contributed by atoms with van der Waals surface area (Å²) in [5.41, 5.74) is 0. The number of nitrogens with one attached hydrogen (secondary N) is 1. The van der Waals surface area contributed by atoms with Gasteiger partial charge in [0.25, 0.3) is 0 Å². The van der Waals surface area contributed by atoms with Gasteiger partial charge in [0.2, 0.25) is 10.0 Å².